The zero-order chi connectivity index (χ0) is 34.3. The van der Waals surface area contributed by atoms with Crippen LogP contribution in [0.5, 0.6) is 0 Å². The SMILES string of the molecule is C=C(C)[C@@H]1CC[C@@]2(C)[C@H]1[C@H]1CC[C@@H]3[C@@]4(C)CC[C@H](OC(=O)CCCCCCCCCCCCC)C(C)(C)[C@@H]4CC[C@@]3(C)[C@]1(C)C[C@@H]2O. The maximum Gasteiger partial charge on any atom is 0.306 e. The van der Waals surface area contributed by atoms with Gasteiger partial charge in [-0.1, -0.05) is 125 Å². The topological polar surface area (TPSA) is 46.5 Å². The number of fused-ring (bicyclic) bond motifs is 7. The van der Waals surface area contributed by atoms with Crippen LogP contribution in [0.4, 0.5) is 0 Å². The molecule has 5 aliphatic rings. The molecule has 11 atom stereocenters. The van der Waals surface area contributed by atoms with Crippen LogP contribution in [0, 0.1) is 56.7 Å². The van der Waals surface area contributed by atoms with Crippen LogP contribution in [-0.2, 0) is 9.53 Å². The highest BCUT2D eigenvalue weighted by atomic mass is 16.5. The highest BCUT2D eigenvalue weighted by molar-refractivity contribution is 5.69. The molecule has 0 aliphatic heterocycles. The Morgan fingerprint density at radius 3 is 1.94 bits per heavy atom. The van der Waals surface area contributed by atoms with Gasteiger partial charge in [-0.2, -0.15) is 0 Å². The largest absolute Gasteiger partial charge is 0.462 e. The third-order valence-corrected chi connectivity index (χ3v) is 16.8. The average Bonchev–Trinajstić information content (AvgIpc) is 3.37. The summed E-state index contributed by atoms with van der Waals surface area (Å²) in [5.74, 6) is 3.05. The summed E-state index contributed by atoms with van der Waals surface area (Å²) in [5.41, 5.74) is 1.98. The summed E-state index contributed by atoms with van der Waals surface area (Å²) < 4.78 is 6.39. The van der Waals surface area contributed by atoms with Crippen molar-refractivity contribution in [2.24, 2.45) is 56.7 Å². The monoisotopic (exact) mass is 653 g/mol. The molecule has 0 saturated heterocycles. The van der Waals surface area contributed by atoms with Crippen LogP contribution < -0.4 is 0 Å². The minimum atomic E-state index is -0.217. The summed E-state index contributed by atoms with van der Waals surface area (Å²) in [6, 6.07) is 0. The van der Waals surface area contributed by atoms with Crippen molar-refractivity contribution >= 4 is 5.97 Å². The Balaban J connectivity index is 1.18. The van der Waals surface area contributed by atoms with Gasteiger partial charge < -0.3 is 9.84 Å². The Bertz CT molecular complexity index is 1090. The fraction of sp³-hybridized carbons (Fsp3) is 0.932. The van der Waals surface area contributed by atoms with Crippen molar-refractivity contribution in [2.75, 3.05) is 0 Å². The van der Waals surface area contributed by atoms with E-state index in [-0.39, 0.29) is 45.3 Å². The van der Waals surface area contributed by atoms with Crippen LogP contribution >= 0.6 is 0 Å². The molecule has 0 aromatic heterocycles. The molecular formula is C44H76O3. The van der Waals surface area contributed by atoms with Gasteiger partial charge in [-0.15, -0.1) is 0 Å². The van der Waals surface area contributed by atoms with Crippen LogP contribution in [0.3, 0.4) is 0 Å². The second kappa shape index (κ2) is 14.4. The molecule has 0 amide bonds. The van der Waals surface area contributed by atoms with E-state index >= 15 is 0 Å². The molecule has 0 heterocycles. The number of hydrogen-bond donors (Lipinski definition) is 1. The first-order valence-electron chi connectivity index (χ1n) is 20.7. The van der Waals surface area contributed by atoms with E-state index in [2.05, 4.69) is 62.0 Å². The number of aliphatic hydroxyl groups is 1. The second-order valence-corrected chi connectivity index (χ2v) is 19.5. The van der Waals surface area contributed by atoms with E-state index in [0.717, 1.165) is 38.5 Å². The molecule has 0 radical (unpaired) electrons. The van der Waals surface area contributed by atoms with Crippen molar-refractivity contribution in [3.05, 3.63) is 12.2 Å². The molecule has 1 N–H and O–H groups in total. The Morgan fingerprint density at radius 1 is 0.723 bits per heavy atom. The zero-order valence-corrected chi connectivity index (χ0v) is 32.4. The van der Waals surface area contributed by atoms with Gasteiger partial charge in [0.25, 0.3) is 0 Å². The molecule has 47 heavy (non-hydrogen) atoms. The van der Waals surface area contributed by atoms with Gasteiger partial charge in [-0.05, 0) is 122 Å². The molecular weight excluding hydrogens is 576 g/mol. The molecule has 3 heteroatoms. The predicted octanol–water partition coefficient (Wildman–Crippen LogP) is 12.2. The zero-order valence-electron chi connectivity index (χ0n) is 32.4. The first-order valence-corrected chi connectivity index (χ1v) is 20.7. The van der Waals surface area contributed by atoms with Gasteiger partial charge in [-0.25, -0.2) is 0 Å². The average molecular weight is 653 g/mol. The van der Waals surface area contributed by atoms with Crippen molar-refractivity contribution in [1.29, 1.82) is 0 Å². The van der Waals surface area contributed by atoms with Gasteiger partial charge in [0.05, 0.1) is 6.10 Å². The van der Waals surface area contributed by atoms with E-state index in [1.807, 2.05) is 0 Å². The molecule has 0 spiro atoms. The Kier molecular flexibility index (Phi) is 11.5. The lowest BCUT2D eigenvalue weighted by atomic mass is 9.32. The fourth-order valence-corrected chi connectivity index (χ4v) is 13.9. The van der Waals surface area contributed by atoms with Gasteiger partial charge >= 0.3 is 5.97 Å². The van der Waals surface area contributed by atoms with Gasteiger partial charge in [0.2, 0.25) is 0 Å². The van der Waals surface area contributed by atoms with Gasteiger partial charge in [-0.3, -0.25) is 4.79 Å². The molecule has 3 nitrogen and oxygen atoms in total. The first-order chi connectivity index (χ1) is 22.2. The van der Waals surface area contributed by atoms with Crippen LogP contribution in [0.1, 0.15) is 190 Å². The highest BCUT2D eigenvalue weighted by Gasteiger charge is 2.72. The van der Waals surface area contributed by atoms with Crippen LogP contribution in [0.25, 0.3) is 0 Å². The number of rotatable bonds is 14. The number of unbranched alkanes of at least 4 members (excludes halogenated alkanes) is 10. The highest BCUT2D eigenvalue weighted by Crippen LogP contribution is 2.77. The summed E-state index contributed by atoms with van der Waals surface area (Å²) in [7, 11) is 0. The van der Waals surface area contributed by atoms with Crippen LogP contribution in [0.15, 0.2) is 12.2 Å². The summed E-state index contributed by atoms with van der Waals surface area (Å²) in [6.45, 7) is 24.2. The summed E-state index contributed by atoms with van der Waals surface area (Å²) >= 11 is 0. The number of ether oxygens (including phenoxy) is 1. The standard InChI is InChI=1S/C44H76O3/c1-10-11-12-13-14-15-16-17-18-19-20-21-38(46)47-37-26-28-41(6)34(40(37,4)5)25-29-43(8)35(41)23-22-33-39-32(31(2)3)24-27-42(39,7)36(45)30-44(33,43)9/h32-37,39,45H,2,10-30H2,1,3-9H3/t32-,33+,34-,35+,36-,37-,39+,41-,42+,43+,44+/m0/s1. The molecule has 0 unspecified atom stereocenters. The van der Waals surface area contributed by atoms with Crippen LogP contribution in [-0.4, -0.2) is 23.3 Å². The van der Waals surface area contributed by atoms with Gasteiger partial charge in [0, 0.05) is 11.8 Å². The minimum absolute atomic E-state index is 0.0139. The molecule has 5 fully saturated rings. The fourth-order valence-electron chi connectivity index (χ4n) is 13.9. The minimum Gasteiger partial charge on any atom is -0.462 e. The van der Waals surface area contributed by atoms with Crippen molar-refractivity contribution < 1.29 is 14.6 Å². The van der Waals surface area contributed by atoms with Crippen LogP contribution in [0.2, 0.25) is 0 Å². The van der Waals surface area contributed by atoms with E-state index in [9.17, 15) is 9.90 Å². The quantitative estimate of drug-likeness (QED) is 0.115. The number of allylic oxidation sites excluding steroid dienone is 1. The summed E-state index contributed by atoms with van der Waals surface area (Å²) in [6.07, 6.45) is 25.3. The summed E-state index contributed by atoms with van der Waals surface area (Å²) in [5, 5.41) is 11.9. The van der Waals surface area contributed by atoms with Crippen molar-refractivity contribution in [3.63, 3.8) is 0 Å². The molecule has 5 aliphatic carbocycles. The lowest BCUT2D eigenvalue weighted by Gasteiger charge is -2.73. The van der Waals surface area contributed by atoms with E-state index in [0.29, 0.717) is 36.0 Å². The number of carbonyl (C=O) groups excluding carboxylic acids is 1. The maximum absolute atomic E-state index is 13.1. The van der Waals surface area contributed by atoms with Gasteiger partial charge in [0.1, 0.15) is 6.10 Å². The van der Waals surface area contributed by atoms with E-state index in [1.165, 1.54) is 95.5 Å². The third kappa shape index (κ3) is 6.57. The second-order valence-electron chi connectivity index (χ2n) is 19.5. The molecule has 270 valence electrons. The van der Waals surface area contributed by atoms with Gasteiger partial charge in [0.15, 0.2) is 0 Å². The molecule has 0 bridgehead atoms. The maximum atomic E-state index is 13.1. The van der Waals surface area contributed by atoms with E-state index in [4.69, 9.17) is 4.74 Å². The molecule has 0 aromatic carbocycles. The first kappa shape index (κ1) is 37.4. The Morgan fingerprint density at radius 2 is 1.32 bits per heavy atom. The number of hydrogen-bond acceptors (Lipinski definition) is 3. The Labute approximate surface area is 291 Å². The van der Waals surface area contributed by atoms with Crippen molar-refractivity contribution in [3.8, 4) is 0 Å². The van der Waals surface area contributed by atoms with Crippen molar-refractivity contribution in [2.45, 2.75) is 202 Å². The smallest absolute Gasteiger partial charge is 0.306 e. The Hall–Kier alpha value is -0.830. The van der Waals surface area contributed by atoms with E-state index in [1.54, 1.807) is 0 Å². The summed E-state index contributed by atoms with van der Waals surface area (Å²) in [4.78, 5) is 13.1. The predicted molar refractivity (Wildman–Crippen MR) is 197 cm³/mol. The number of esters is 1. The molecule has 0 aromatic rings. The third-order valence-electron chi connectivity index (χ3n) is 16.8. The number of carbonyl (C=O) groups is 1. The van der Waals surface area contributed by atoms with E-state index < -0.39 is 0 Å². The van der Waals surface area contributed by atoms with Crippen molar-refractivity contribution in [1.82, 2.24) is 0 Å². The normalized spacial score (nSPS) is 43.7. The lowest BCUT2D eigenvalue weighted by Crippen LogP contribution is -2.68. The molecule has 5 saturated carbocycles. The number of aliphatic hydroxyl groups excluding tert-OH is 1. The lowest BCUT2D eigenvalue weighted by molar-refractivity contribution is -0.262. The molecule has 5 rings (SSSR count).